The van der Waals surface area contributed by atoms with Crippen LogP contribution in [-0.4, -0.2) is 19.4 Å². The zero-order valence-corrected chi connectivity index (χ0v) is 12.4. The Bertz CT molecular complexity index is 390. The first kappa shape index (κ1) is 14.2. The average molecular weight is 298 g/mol. The number of carbonyl (C=O) groups is 1. The molecule has 1 aromatic carbocycles. The molecule has 0 unspecified atom stereocenters. The molecule has 3 heteroatoms. The molecule has 0 radical (unpaired) electrons. The van der Waals surface area contributed by atoms with Gasteiger partial charge in [0.15, 0.2) is 5.78 Å². The smallest absolute Gasteiger partial charge is 0.160 e. The molecule has 0 aromatic heterocycles. The summed E-state index contributed by atoms with van der Waals surface area (Å²) in [6.45, 7) is 4.85. The average Bonchev–Trinajstić information content (AvgIpc) is 2.28. The third-order valence-electron chi connectivity index (χ3n) is 2.87. The van der Waals surface area contributed by atoms with E-state index in [2.05, 4.69) is 34.8 Å². The first-order chi connectivity index (χ1) is 8.06. The molecule has 0 fully saturated rings. The molecule has 0 bridgehead atoms. The highest BCUT2D eigenvalue weighted by Crippen LogP contribution is 2.24. The number of benzene rings is 1. The van der Waals surface area contributed by atoms with Crippen molar-refractivity contribution in [3.63, 3.8) is 0 Å². The van der Waals surface area contributed by atoms with Gasteiger partial charge in [0.05, 0.1) is 0 Å². The van der Waals surface area contributed by atoms with Crippen LogP contribution in [-0.2, 0) is 0 Å². The van der Waals surface area contributed by atoms with Crippen LogP contribution in [0.4, 0.5) is 5.69 Å². The Morgan fingerprint density at radius 2 is 2.06 bits per heavy atom. The molecule has 0 heterocycles. The maximum Gasteiger partial charge on any atom is 0.160 e. The lowest BCUT2D eigenvalue weighted by Crippen LogP contribution is -2.18. The number of halogens is 1. The maximum atomic E-state index is 11.3. The molecule has 1 aromatic rings. The zero-order valence-electron chi connectivity index (χ0n) is 10.8. The Balaban J connectivity index is 2.72. The number of Topliss-reactive ketones (excluding diaryl/α,β-unsaturated/α-hetero) is 1. The van der Waals surface area contributed by atoms with E-state index in [1.54, 1.807) is 6.92 Å². The van der Waals surface area contributed by atoms with Crippen LogP contribution in [0.2, 0.25) is 0 Å². The Morgan fingerprint density at radius 1 is 1.35 bits per heavy atom. The van der Waals surface area contributed by atoms with Crippen molar-refractivity contribution in [1.29, 1.82) is 0 Å². The summed E-state index contributed by atoms with van der Waals surface area (Å²) < 4.78 is 0.879. The number of hydrogen-bond acceptors (Lipinski definition) is 2. The van der Waals surface area contributed by atoms with Crippen molar-refractivity contribution in [1.82, 2.24) is 0 Å². The molecule has 1 rings (SSSR count). The molecule has 0 aliphatic carbocycles. The number of hydrogen-bond donors (Lipinski definition) is 0. The highest BCUT2D eigenvalue weighted by atomic mass is 79.9. The summed E-state index contributed by atoms with van der Waals surface area (Å²) in [6.07, 6.45) is 3.71. The van der Waals surface area contributed by atoms with Gasteiger partial charge in [-0.3, -0.25) is 4.79 Å². The second-order valence-corrected chi connectivity index (χ2v) is 5.20. The number of carbonyl (C=O) groups excluding carboxylic acids is 1. The molecule has 0 atom stereocenters. The normalized spacial score (nSPS) is 10.4. The van der Waals surface area contributed by atoms with Gasteiger partial charge in [0, 0.05) is 29.3 Å². The van der Waals surface area contributed by atoms with Crippen molar-refractivity contribution >= 4 is 27.4 Å². The molecular formula is C14H20BrNO. The van der Waals surface area contributed by atoms with Crippen LogP contribution < -0.4 is 4.90 Å². The lowest BCUT2D eigenvalue weighted by Gasteiger charge is -2.20. The van der Waals surface area contributed by atoms with Gasteiger partial charge in [0.25, 0.3) is 0 Å². The van der Waals surface area contributed by atoms with Crippen molar-refractivity contribution in [3.05, 3.63) is 28.2 Å². The van der Waals surface area contributed by atoms with Gasteiger partial charge in [-0.2, -0.15) is 0 Å². The van der Waals surface area contributed by atoms with E-state index in [-0.39, 0.29) is 5.78 Å². The molecule has 94 valence electrons. The van der Waals surface area contributed by atoms with Crippen LogP contribution in [0, 0.1) is 0 Å². The number of rotatable bonds is 6. The molecule has 0 aliphatic heterocycles. The van der Waals surface area contributed by atoms with E-state index in [4.69, 9.17) is 0 Å². The predicted octanol–water partition coefficient (Wildman–Crippen LogP) is 4.28. The molecular weight excluding hydrogens is 278 g/mol. The summed E-state index contributed by atoms with van der Waals surface area (Å²) in [5.74, 6) is 0.0945. The predicted molar refractivity (Wildman–Crippen MR) is 76.9 cm³/mol. The standard InChI is InChI=1S/C14H20BrNO/c1-4-5-6-9-16(3)12-7-8-13(11(2)17)14(15)10-12/h7-8,10H,4-6,9H2,1-3H3. The number of nitrogens with zero attached hydrogens (tertiary/aromatic N) is 1. The molecule has 0 amide bonds. The molecule has 0 saturated carbocycles. The summed E-state index contributed by atoms with van der Waals surface area (Å²) in [5.41, 5.74) is 1.90. The number of ketones is 1. The van der Waals surface area contributed by atoms with E-state index < -0.39 is 0 Å². The Labute approximate surface area is 112 Å². The second-order valence-electron chi connectivity index (χ2n) is 4.35. The third-order valence-corrected chi connectivity index (χ3v) is 3.53. The fourth-order valence-corrected chi connectivity index (χ4v) is 2.40. The lowest BCUT2D eigenvalue weighted by atomic mass is 10.1. The molecule has 2 nitrogen and oxygen atoms in total. The van der Waals surface area contributed by atoms with E-state index in [9.17, 15) is 4.79 Å². The van der Waals surface area contributed by atoms with Crippen molar-refractivity contribution in [2.45, 2.75) is 33.1 Å². The topological polar surface area (TPSA) is 20.3 Å². The molecule has 0 N–H and O–H groups in total. The first-order valence-electron chi connectivity index (χ1n) is 6.08. The molecule has 0 saturated heterocycles. The molecule has 0 aliphatic rings. The van der Waals surface area contributed by atoms with Crippen molar-refractivity contribution in [3.8, 4) is 0 Å². The van der Waals surface area contributed by atoms with Gasteiger partial charge in [-0.05, 0) is 47.5 Å². The fraction of sp³-hybridized carbons (Fsp3) is 0.500. The Kier molecular flexibility index (Phi) is 5.69. The van der Waals surface area contributed by atoms with Crippen molar-refractivity contribution < 1.29 is 4.79 Å². The molecule has 17 heavy (non-hydrogen) atoms. The Morgan fingerprint density at radius 3 is 2.59 bits per heavy atom. The first-order valence-corrected chi connectivity index (χ1v) is 6.87. The van der Waals surface area contributed by atoms with E-state index in [0.29, 0.717) is 0 Å². The summed E-state index contributed by atoms with van der Waals surface area (Å²) in [4.78, 5) is 13.5. The second kappa shape index (κ2) is 6.80. The van der Waals surface area contributed by atoms with Gasteiger partial charge in [-0.15, -0.1) is 0 Å². The van der Waals surface area contributed by atoms with Gasteiger partial charge in [0.1, 0.15) is 0 Å². The van der Waals surface area contributed by atoms with E-state index in [1.807, 2.05) is 18.2 Å². The van der Waals surface area contributed by atoms with Crippen LogP contribution in [0.25, 0.3) is 0 Å². The SMILES string of the molecule is CCCCCN(C)c1ccc(C(C)=O)c(Br)c1. The monoisotopic (exact) mass is 297 g/mol. The maximum absolute atomic E-state index is 11.3. The summed E-state index contributed by atoms with van der Waals surface area (Å²) in [7, 11) is 2.09. The summed E-state index contributed by atoms with van der Waals surface area (Å²) in [5, 5.41) is 0. The largest absolute Gasteiger partial charge is 0.375 e. The van der Waals surface area contributed by atoms with Gasteiger partial charge < -0.3 is 4.90 Å². The van der Waals surface area contributed by atoms with Crippen molar-refractivity contribution in [2.24, 2.45) is 0 Å². The number of anilines is 1. The van der Waals surface area contributed by atoms with Crippen LogP contribution in [0.15, 0.2) is 22.7 Å². The van der Waals surface area contributed by atoms with Gasteiger partial charge in [-0.25, -0.2) is 0 Å². The fourth-order valence-electron chi connectivity index (χ4n) is 1.76. The van der Waals surface area contributed by atoms with Crippen LogP contribution in [0.3, 0.4) is 0 Å². The minimum absolute atomic E-state index is 0.0945. The third kappa shape index (κ3) is 4.15. The molecule has 0 spiro atoms. The quantitative estimate of drug-likeness (QED) is 0.577. The van der Waals surface area contributed by atoms with E-state index in [1.165, 1.54) is 19.3 Å². The van der Waals surface area contributed by atoms with Gasteiger partial charge in [0.2, 0.25) is 0 Å². The Hall–Kier alpha value is -0.830. The van der Waals surface area contributed by atoms with Crippen LogP contribution in [0.1, 0.15) is 43.5 Å². The highest BCUT2D eigenvalue weighted by Gasteiger charge is 2.07. The lowest BCUT2D eigenvalue weighted by molar-refractivity contribution is 0.101. The highest BCUT2D eigenvalue weighted by molar-refractivity contribution is 9.10. The zero-order chi connectivity index (χ0) is 12.8. The van der Waals surface area contributed by atoms with Crippen molar-refractivity contribution in [2.75, 3.05) is 18.5 Å². The van der Waals surface area contributed by atoms with Crippen LogP contribution >= 0.6 is 15.9 Å². The van der Waals surface area contributed by atoms with E-state index in [0.717, 1.165) is 22.3 Å². The minimum Gasteiger partial charge on any atom is -0.375 e. The number of unbranched alkanes of at least 4 members (excludes halogenated alkanes) is 2. The van der Waals surface area contributed by atoms with Gasteiger partial charge in [-0.1, -0.05) is 19.8 Å². The van der Waals surface area contributed by atoms with Crippen LogP contribution in [0.5, 0.6) is 0 Å². The van der Waals surface area contributed by atoms with Gasteiger partial charge >= 0.3 is 0 Å². The summed E-state index contributed by atoms with van der Waals surface area (Å²) in [6, 6.07) is 5.91. The summed E-state index contributed by atoms with van der Waals surface area (Å²) >= 11 is 3.45. The van der Waals surface area contributed by atoms with E-state index >= 15 is 0 Å². The minimum atomic E-state index is 0.0945.